The lowest BCUT2D eigenvalue weighted by molar-refractivity contribution is -0.154. The lowest BCUT2D eigenvalue weighted by atomic mass is 9.77. The van der Waals surface area contributed by atoms with Crippen molar-refractivity contribution < 1.29 is 34.1 Å². The summed E-state index contributed by atoms with van der Waals surface area (Å²) >= 11 is 1.62. The van der Waals surface area contributed by atoms with Crippen LogP contribution in [0.5, 0.6) is 0 Å². The van der Waals surface area contributed by atoms with Gasteiger partial charge in [-0.2, -0.15) is 11.8 Å². The van der Waals surface area contributed by atoms with Crippen LogP contribution < -0.4 is 4.90 Å². The number of rotatable bonds is 17. The predicted octanol–water partition coefficient (Wildman–Crippen LogP) is 6.88. The summed E-state index contributed by atoms with van der Waals surface area (Å²) in [5, 5.41) is 28.4. The van der Waals surface area contributed by atoms with Crippen LogP contribution in [0, 0.1) is 17.7 Å². The molecule has 1 aliphatic rings. The Kier molecular flexibility index (Phi) is 12.2. The van der Waals surface area contributed by atoms with Gasteiger partial charge in [0.1, 0.15) is 5.82 Å². The number of hydrogen-bond donors (Lipinski definition) is 3. The van der Waals surface area contributed by atoms with Crippen molar-refractivity contribution in [1.29, 1.82) is 0 Å². The molecule has 3 aromatic carbocycles. The van der Waals surface area contributed by atoms with Crippen molar-refractivity contribution in [3.63, 3.8) is 0 Å². The number of β-lactam (4-membered cyclic amide) rings is 1. The van der Waals surface area contributed by atoms with E-state index in [2.05, 4.69) is 6.92 Å². The monoisotopic (exact) mass is 635 g/mol. The highest BCUT2D eigenvalue weighted by molar-refractivity contribution is 7.98. The number of carbonyl (C=O) groups is 3. The third-order valence-electron chi connectivity index (χ3n) is 8.78. The lowest BCUT2D eigenvalue weighted by Crippen LogP contribution is -2.55. The number of amides is 1. The Morgan fingerprint density at radius 2 is 1.47 bits per heavy atom. The number of aliphatic hydroxyl groups excluding tert-OH is 1. The van der Waals surface area contributed by atoms with Gasteiger partial charge >= 0.3 is 11.9 Å². The average Bonchev–Trinajstić information content (AvgIpc) is 3.02. The van der Waals surface area contributed by atoms with Crippen molar-refractivity contribution in [1.82, 2.24) is 0 Å². The highest BCUT2D eigenvalue weighted by Gasteiger charge is 2.48. The van der Waals surface area contributed by atoms with Crippen molar-refractivity contribution in [2.45, 2.75) is 69.9 Å². The Labute approximate surface area is 268 Å². The Morgan fingerprint density at radius 1 is 0.867 bits per heavy atom. The molecule has 0 radical (unpaired) electrons. The molecule has 1 amide bonds. The molecular weight excluding hydrogens is 593 g/mol. The molecule has 0 aromatic heterocycles. The van der Waals surface area contributed by atoms with E-state index in [4.69, 9.17) is 10.2 Å². The number of carboxylic acids is 2. The number of aryl methyl sites for hydroxylation is 2. The third kappa shape index (κ3) is 8.95. The number of thioether (sulfide) groups is 1. The lowest BCUT2D eigenvalue weighted by Gasteiger charge is -2.48. The maximum absolute atomic E-state index is 13.6. The van der Waals surface area contributed by atoms with Gasteiger partial charge in [0.25, 0.3) is 0 Å². The van der Waals surface area contributed by atoms with Crippen LogP contribution in [0.4, 0.5) is 10.1 Å². The van der Waals surface area contributed by atoms with E-state index in [1.807, 2.05) is 59.7 Å². The molecule has 0 saturated carbocycles. The third-order valence-corrected chi connectivity index (χ3v) is 9.50. The second-order valence-corrected chi connectivity index (χ2v) is 12.9. The van der Waals surface area contributed by atoms with Gasteiger partial charge in [-0.1, -0.05) is 55.5 Å². The quantitative estimate of drug-likeness (QED) is 0.109. The summed E-state index contributed by atoms with van der Waals surface area (Å²) in [5.41, 5.74) is 4.92. The SMILES string of the molecule is CSCC(O)CCc1ccc(N2C(=O)[C@H](CCC(C)c3ccc(F)cc3)[C@H]2c2ccc(CCCC(C(=O)O)C(=O)O)cc2)cc1. The van der Waals surface area contributed by atoms with Gasteiger partial charge in [0.15, 0.2) is 5.92 Å². The highest BCUT2D eigenvalue weighted by atomic mass is 32.2. The predicted molar refractivity (Wildman–Crippen MR) is 175 cm³/mol. The zero-order chi connectivity index (χ0) is 32.5. The van der Waals surface area contributed by atoms with E-state index in [-0.39, 0.29) is 42.1 Å². The van der Waals surface area contributed by atoms with Gasteiger partial charge in [0.05, 0.1) is 18.1 Å². The molecule has 240 valence electrons. The smallest absolute Gasteiger partial charge is 0.317 e. The maximum atomic E-state index is 13.6. The Balaban J connectivity index is 1.48. The highest BCUT2D eigenvalue weighted by Crippen LogP contribution is 2.46. The topological polar surface area (TPSA) is 115 Å². The number of nitrogens with zero attached hydrogens (tertiary/aromatic N) is 1. The molecule has 4 atom stereocenters. The van der Waals surface area contributed by atoms with Crippen molar-refractivity contribution >= 4 is 35.3 Å². The fourth-order valence-electron chi connectivity index (χ4n) is 6.06. The first-order chi connectivity index (χ1) is 21.6. The van der Waals surface area contributed by atoms with Gasteiger partial charge in [-0.05, 0) is 104 Å². The first-order valence-electron chi connectivity index (χ1n) is 15.5. The van der Waals surface area contributed by atoms with E-state index in [1.54, 1.807) is 23.9 Å². The summed E-state index contributed by atoms with van der Waals surface area (Å²) in [4.78, 5) is 37.9. The minimum Gasteiger partial charge on any atom is -0.481 e. The van der Waals surface area contributed by atoms with E-state index in [0.717, 1.165) is 40.8 Å². The molecule has 0 bridgehead atoms. The molecule has 1 aliphatic heterocycles. The minimum atomic E-state index is -1.41. The largest absolute Gasteiger partial charge is 0.481 e. The molecule has 7 nitrogen and oxygen atoms in total. The molecule has 3 aromatic rings. The summed E-state index contributed by atoms with van der Waals surface area (Å²) < 4.78 is 13.4. The molecule has 0 aliphatic carbocycles. The number of aliphatic carboxylic acids is 2. The van der Waals surface area contributed by atoms with Crippen molar-refractivity contribution in [2.75, 3.05) is 16.9 Å². The molecule has 1 saturated heterocycles. The number of benzene rings is 3. The Hall–Kier alpha value is -3.69. The van der Waals surface area contributed by atoms with Gasteiger partial charge in [-0.3, -0.25) is 14.4 Å². The van der Waals surface area contributed by atoms with E-state index >= 15 is 0 Å². The fourth-order valence-corrected chi connectivity index (χ4v) is 6.61. The van der Waals surface area contributed by atoms with Gasteiger partial charge in [-0.15, -0.1) is 0 Å². The Morgan fingerprint density at radius 3 is 2.07 bits per heavy atom. The minimum absolute atomic E-state index is 0.0537. The molecule has 4 rings (SSSR count). The van der Waals surface area contributed by atoms with E-state index < -0.39 is 17.9 Å². The number of aliphatic hydroxyl groups is 1. The number of carbonyl (C=O) groups excluding carboxylic acids is 1. The summed E-state index contributed by atoms with van der Waals surface area (Å²) in [7, 11) is 0. The molecule has 0 spiro atoms. The zero-order valence-corrected chi connectivity index (χ0v) is 26.6. The number of anilines is 1. The van der Waals surface area contributed by atoms with Gasteiger partial charge in [0, 0.05) is 11.4 Å². The standard InChI is InChI=1S/C36H42FNO6S/c1-23(26-14-16-28(37)17-15-26)6-21-31-33(27-12-7-24(8-13-27)4-3-5-32(35(41)42)36(43)44)38(34(31)40)29-18-9-25(10-19-29)11-20-30(39)22-45-2/h7-10,12-19,23,30-33,39H,3-6,11,20-22H2,1-2H3,(H,41,42)(H,43,44)/t23?,30?,31-,33-/m1/s1. The normalized spacial score (nSPS) is 17.6. The van der Waals surface area contributed by atoms with E-state index in [0.29, 0.717) is 31.4 Å². The van der Waals surface area contributed by atoms with Crippen molar-refractivity contribution in [2.24, 2.45) is 11.8 Å². The van der Waals surface area contributed by atoms with Crippen LogP contribution in [-0.2, 0) is 27.2 Å². The average molecular weight is 636 g/mol. The maximum Gasteiger partial charge on any atom is 0.317 e. The van der Waals surface area contributed by atoms with Crippen LogP contribution in [0.15, 0.2) is 72.8 Å². The summed E-state index contributed by atoms with van der Waals surface area (Å²) in [5.74, 6) is -3.63. The second kappa shape index (κ2) is 16.0. The zero-order valence-electron chi connectivity index (χ0n) is 25.8. The summed E-state index contributed by atoms with van der Waals surface area (Å²) in [6.07, 6.45) is 5.55. The van der Waals surface area contributed by atoms with Gasteiger partial charge in [-0.25, -0.2) is 4.39 Å². The summed E-state index contributed by atoms with van der Waals surface area (Å²) in [6, 6.07) is 22.2. The van der Waals surface area contributed by atoms with Gasteiger partial charge in [0.2, 0.25) is 5.91 Å². The first-order valence-corrected chi connectivity index (χ1v) is 16.9. The van der Waals surface area contributed by atoms with Crippen LogP contribution in [0.2, 0.25) is 0 Å². The van der Waals surface area contributed by atoms with E-state index in [1.165, 1.54) is 12.1 Å². The second-order valence-electron chi connectivity index (χ2n) is 12.0. The molecular formula is C36H42FNO6S. The first kappa shape index (κ1) is 34.2. The van der Waals surface area contributed by atoms with Crippen LogP contribution in [-0.4, -0.2) is 51.3 Å². The van der Waals surface area contributed by atoms with Crippen LogP contribution in [0.3, 0.4) is 0 Å². The summed E-state index contributed by atoms with van der Waals surface area (Å²) in [6.45, 7) is 2.09. The Bertz CT molecular complexity index is 1420. The number of hydrogen-bond acceptors (Lipinski definition) is 5. The molecule has 9 heteroatoms. The molecule has 2 unspecified atom stereocenters. The molecule has 45 heavy (non-hydrogen) atoms. The van der Waals surface area contributed by atoms with Crippen molar-refractivity contribution in [3.8, 4) is 0 Å². The molecule has 1 fully saturated rings. The molecule has 3 N–H and O–H groups in total. The van der Waals surface area contributed by atoms with Crippen LogP contribution in [0.25, 0.3) is 0 Å². The number of halogens is 1. The van der Waals surface area contributed by atoms with E-state index in [9.17, 15) is 23.9 Å². The number of carboxylic acid groups (broad SMARTS) is 2. The van der Waals surface area contributed by atoms with Crippen molar-refractivity contribution in [3.05, 3.63) is 101 Å². The van der Waals surface area contributed by atoms with Crippen LogP contribution >= 0.6 is 11.8 Å². The fraction of sp³-hybridized carbons (Fsp3) is 0.417. The van der Waals surface area contributed by atoms with Gasteiger partial charge < -0.3 is 20.2 Å². The molecule has 1 heterocycles. The van der Waals surface area contributed by atoms with Crippen LogP contribution in [0.1, 0.15) is 73.2 Å².